The topological polar surface area (TPSA) is 73.0 Å². The lowest BCUT2D eigenvalue weighted by molar-refractivity contribution is 0.0738. The Morgan fingerprint density at radius 3 is 2.38 bits per heavy atom. The molecule has 3 heterocycles. The van der Waals surface area contributed by atoms with Gasteiger partial charge in [-0.2, -0.15) is 5.10 Å². The minimum absolute atomic E-state index is 0.207. The molecule has 0 saturated heterocycles. The Morgan fingerprint density at radius 1 is 1.05 bits per heavy atom. The summed E-state index contributed by atoms with van der Waals surface area (Å²) >= 11 is 0. The van der Waals surface area contributed by atoms with E-state index in [0.29, 0.717) is 18.7 Å². The first-order chi connectivity index (χ1) is 17.6. The first-order valence-corrected chi connectivity index (χ1v) is 12.5. The average molecular weight is 498 g/mol. The summed E-state index contributed by atoms with van der Waals surface area (Å²) in [5, 5.41) is 4.53. The normalized spacial score (nSPS) is 12.0. The Balaban J connectivity index is 1.86. The van der Waals surface area contributed by atoms with Gasteiger partial charge < -0.3 is 9.47 Å². The highest BCUT2D eigenvalue weighted by molar-refractivity contribution is 5.95. The van der Waals surface area contributed by atoms with Gasteiger partial charge >= 0.3 is 0 Å². The number of aryl methyl sites for hydroxylation is 4. The highest BCUT2D eigenvalue weighted by Crippen LogP contribution is 2.27. The number of hydrogen-bond donors (Lipinski definition) is 0. The van der Waals surface area contributed by atoms with Gasteiger partial charge in [0.25, 0.3) is 5.91 Å². The zero-order chi connectivity index (χ0) is 26.9. The van der Waals surface area contributed by atoms with E-state index < -0.39 is 0 Å². The van der Waals surface area contributed by atoms with Crippen molar-refractivity contribution in [1.82, 2.24) is 24.2 Å². The third-order valence-corrected chi connectivity index (χ3v) is 7.39. The maximum atomic E-state index is 14.1. The molecule has 37 heavy (non-hydrogen) atoms. The fraction of sp³-hybridized carbons (Fsp3) is 0.333. The largest absolute Gasteiger partial charge is 0.342 e. The van der Waals surface area contributed by atoms with Gasteiger partial charge in [0.2, 0.25) is 0 Å². The number of carbonyl (C=O) groups excluding carboxylic acids is 1. The maximum absolute atomic E-state index is 14.1. The predicted octanol–water partition coefficient (Wildman–Crippen LogP) is 4.68. The van der Waals surface area contributed by atoms with Gasteiger partial charge in [-0.1, -0.05) is 30.3 Å². The van der Waals surface area contributed by atoms with Gasteiger partial charge in [0.05, 0.1) is 24.0 Å². The fourth-order valence-corrected chi connectivity index (χ4v) is 5.05. The molecular formula is C30H35N5O2. The van der Waals surface area contributed by atoms with E-state index in [1.165, 1.54) is 0 Å². The van der Waals surface area contributed by atoms with E-state index in [1.54, 1.807) is 24.2 Å². The second-order valence-electron chi connectivity index (χ2n) is 9.78. The summed E-state index contributed by atoms with van der Waals surface area (Å²) in [4.78, 5) is 33.7. The first kappa shape index (κ1) is 26.1. The van der Waals surface area contributed by atoms with Crippen LogP contribution in [0.5, 0.6) is 0 Å². The van der Waals surface area contributed by atoms with Crippen molar-refractivity contribution < 1.29 is 4.79 Å². The SMILES string of the molecule is Cc1ccccc1Cc1c(C(=O)N(C)C(C)c2c(C)nn(C)c2C)c(=O)cc(C)n1Cc1ccccn1. The molecule has 192 valence electrons. The molecular weight excluding hydrogens is 462 g/mol. The van der Waals surface area contributed by atoms with Gasteiger partial charge in [-0.15, -0.1) is 0 Å². The number of amides is 1. The number of pyridine rings is 2. The summed E-state index contributed by atoms with van der Waals surface area (Å²) < 4.78 is 3.89. The van der Waals surface area contributed by atoms with Crippen LogP contribution in [0.4, 0.5) is 0 Å². The van der Waals surface area contributed by atoms with E-state index in [1.807, 2.05) is 69.8 Å². The molecule has 1 unspecified atom stereocenters. The molecule has 0 aliphatic heterocycles. The third kappa shape index (κ3) is 5.12. The lowest BCUT2D eigenvalue weighted by Crippen LogP contribution is -2.36. The van der Waals surface area contributed by atoms with E-state index in [-0.39, 0.29) is 22.9 Å². The van der Waals surface area contributed by atoms with Crippen LogP contribution in [0, 0.1) is 27.7 Å². The quantitative estimate of drug-likeness (QED) is 0.372. The fourth-order valence-electron chi connectivity index (χ4n) is 5.05. The molecule has 1 amide bonds. The molecule has 7 heteroatoms. The minimum Gasteiger partial charge on any atom is -0.342 e. The number of hydrogen-bond acceptors (Lipinski definition) is 4. The van der Waals surface area contributed by atoms with Crippen molar-refractivity contribution in [3.63, 3.8) is 0 Å². The Morgan fingerprint density at radius 2 is 1.76 bits per heavy atom. The van der Waals surface area contributed by atoms with Crippen LogP contribution in [-0.4, -0.2) is 37.2 Å². The van der Waals surface area contributed by atoms with Crippen molar-refractivity contribution in [1.29, 1.82) is 0 Å². The van der Waals surface area contributed by atoms with Crippen molar-refractivity contribution in [2.75, 3.05) is 7.05 Å². The van der Waals surface area contributed by atoms with Gasteiger partial charge in [0.15, 0.2) is 5.43 Å². The molecule has 0 spiro atoms. The van der Waals surface area contributed by atoms with Crippen molar-refractivity contribution in [2.24, 2.45) is 7.05 Å². The smallest absolute Gasteiger partial charge is 0.259 e. The van der Waals surface area contributed by atoms with Crippen molar-refractivity contribution >= 4 is 5.91 Å². The molecule has 0 aliphatic rings. The summed E-state index contributed by atoms with van der Waals surface area (Å²) in [6.45, 7) is 10.4. The molecule has 0 saturated carbocycles. The minimum atomic E-state index is -0.293. The Hall–Kier alpha value is -4.00. The summed E-state index contributed by atoms with van der Waals surface area (Å²) in [5.74, 6) is -0.293. The van der Waals surface area contributed by atoms with E-state index >= 15 is 0 Å². The summed E-state index contributed by atoms with van der Waals surface area (Å²) in [6, 6.07) is 15.2. The average Bonchev–Trinajstić information content (AvgIpc) is 3.13. The number of benzene rings is 1. The lowest BCUT2D eigenvalue weighted by Gasteiger charge is -2.28. The van der Waals surface area contributed by atoms with Gasteiger partial charge in [0.1, 0.15) is 5.56 Å². The van der Waals surface area contributed by atoms with Crippen molar-refractivity contribution in [3.05, 3.63) is 116 Å². The monoisotopic (exact) mass is 497 g/mol. The van der Waals surface area contributed by atoms with E-state index in [4.69, 9.17) is 0 Å². The van der Waals surface area contributed by atoms with Crippen molar-refractivity contribution in [3.8, 4) is 0 Å². The van der Waals surface area contributed by atoms with Crippen LogP contribution in [0.15, 0.2) is 59.5 Å². The standard InChI is InChI=1S/C30H35N5O2/c1-19-12-8-9-13-24(19)17-26-29(27(36)16-20(2)35(26)18-25-14-10-11-15-31-25)30(37)33(6)22(4)28-21(3)32-34(7)23(28)5/h8-16,22H,17-18H2,1-7H3. The molecule has 1 aromatic carbocycles. The second kappa shape index (κ2) is 10.5. The number of rotatable bonds is 7. The molecule has 0 N–H and O–H groups in total. The van der Waals surface area contributed by atoms with Crippen LogP contribution >= 0.6 is 0 Å². The molecule has 0 aliphatic carbocycles. The summed E-state index contributed by atoms with van der Waals surface area (Å²) in [6.07, 6.45) is 2.22. The van der Waals surface area contributed by atoms with Crippen LogP contribution in [0.3, 0.4) is 0 Å². The lowest BCUT2D eigenvalue weighted by atomic mass is 9.98. The highest BCUT2D eigenvalue weighted by atomic mass is 16.2. The van der Waals surface area contributed by atoms with Gasteiger partial charge in [-0.05, 0) is 57.9 Å². The number of carbonyl (C=O) groups is 1. The molecule has 0 radical (unpaired) electrons. The molecule has 4 aromatic rings. The molecule has 1 atom stereocenters. The van der Waals surface area contributed by atoms with E-state index in [2.05, 4.69) is 33.7 Å². The summed E-state index contributed by atoms with van der Waals surface area (Å²) in [5.41, 5.74) is 7.37. The molecule has 0 fully saturated rings. The van der Waals surface area contributed by atoms with Crippen LogP contribution < -0.4 is 5.43 Å². The molecule has 3 aromatic heterocycles. The zero-order valence-electron chi connectivity index (χ0n) is 22.7. The molecule has 7 nitrogen and oxygen atoms in total. The predicted molar refractivity (Wildman–Crippen MR) is 146 cm³/mol. The molecule has 0 bridgehead atoms. The van der Waals surface area contributed by atoms with Crippen LogP contribution in [0.25, 0.3) is 0 Å². The van der Waals surface area contributed by atoms with Crippen molar-refractivity contribution in [2.45, 2.75) is 53.6 Å². The number of nitrogens with zero attached hydrogens (tertiary/aromatic N) is 5. The zero-order valence-corrected chi connectivity index (χ0v) is 22.7. The van der Waals surface area contributed by atoms with Gasteiger partial charge in [0, 0.05) is 55.4 Å². The highest BCUT2D eigenvalue weighted by Gasteiger charge is 2.29. The second-order valence-corrected chi connectivity index (χ2v) is 9.78. The Bertz CT molecular complexity index is 1500. The Kier molecular flexibility index (Phi) is 7.43. The maximum Gasteiger partial charge on any atom is 0.259 e. The Labute approximate surface area is 218 Å². The number of aromatic nitrogens is 4. The van der Waals surface area contributed by atoms with Gasteiger partial charge in [-0.3, -0.25) is 19.3 Å². The van der Waals surface area contributed by atoms with Crippen LogP contribution in [0.1, 0.15) is 68.5 Å². The van der Waals surface area contributed by atoms with E-state index in [0.717, 1.165) is 39.5 Å². The van der Waals surface area contributed by atoms with Crippen LogP contribution in [0.2, 0.25) is 0 Å². The van der Waals surface area contributed by atoms with Crippen LogP contribution in [-0.2, 0) is 20.0 Å². The third-order valence-electron chi connectivity index (χ3n) is 7.39. The molecule has 4 rings (SSSR count). The summed E-state index contributed by atoms with van der Waals surface area (Å²) in [7, 11) is 3.66. The first-order valence-electron chi connectivity index (χ1n) is 12.5. The van der Waals surface area contributed by atoms with Gasteiger partial charge in [-0.25, -0.2) is 0 Å². The van der Waals surface area contributed by atoms with E-state index in [9.17, 15) is 9.59 Å².